The van der Waals surface area contributed by atoms with Crippen LogP contribution in [0.1, 0.15) is 26.7 Å². The minimum absolute atomic E-state index is 0.123. The Balaban J connectivity index is 2.77. The van der Waals surface area contributed by atoms with Crippen molar-refractivity contribution >= 4 is 19.7 Å². The molecule has 1 rings (SSSR count). The summed E-state index contributed by atoms with van der Waals surface area (Å²) in [5.41, 5.74) is -0.678. The molecule has 0 aromatic heterocycles. The zero-order valence-corrected chi connectivity index (χ0v) is 11.4. The molecule has 0 spiro atoms. The highest BCUT2D eigenvalue weighted by Crippen LogP contribution is 2.30. The topological polar surface area (TPSA) is 55.4 Å². The van der Waals surface area contributed by atoms with Crippen LogP contribution in [-0.2, 0) is 13.8 Å². The van der Waals surface area contributed by atoms with Crippen LogP contribution in [-0.4, -0.2) is 39.5 Å². The Morgan fingerprint density at radius 3 is 2.69 bits per heavy atom. The molecule has 0 aromatic carbocycles. The molecule has 0 aliphatic carbocycles. The second-order valence-corrected chi connectivity index (χ2v) is 7.25. The maximum Gasteiger partial charge on any atom is 0.235 e. The number of rotatable bonds is 5. The van der Waals surface area contributed by atoms with Gasteiger partial charge in [-0.25, -0.2) is 8.42 Å². The Morgan fingerprint density at radius 2 is 2.25 bits per heavy atom. The zero-order valence-electron chi connectivity index (χ0n) is 9.83. The molecule has 6 heteroatoms. The summed E-state index contributed by atoms with van der Waals surface area (Å²) < 4.78 is 28.1. The van der Waals surface area contributed by atoms with Crippen LogP contribution in [0.4, 0.5) is 0 Å². The van der Waals surface area contributed by atoms with E-state index in [1.54, 1.807) is 0 Å². The summed E-state index contributed by atoms with van der Waals surface area (Å²) in [5, 5.41) is 3.27. The third-order valence-corrected chi connectivity index (χ3v) is 4.34. The third kappa shape index (κ3) is 4.20. The molecule has 2 atom stereocenters. The molecule has 0 saturated carbocycles. The van der Waals surface area contributed by atoms with Gasteiger partial charge < -0.3 is 10.1 Å². The van der Waals surface area contributed by atoms with Gasteiger partial charge in [0, 0.05) is 29.8 Å². The Bertz CT molecular complexity index is 314. The fourth-order valence-corrected chi connectivity index (χ4v) is 3.98. The second-order valence-electron chi connectivity index (χ2n) is 4.47. The van der Waals surface area contributed by atoms with Crippen LogP contribution >= 0.6 is 10.7 Å². The van der Waals surface area contributed by atoms with Gasteiger partial charge in [0.1, 0.15) is 0 Å². The average molecular weight is 270 g/mol. The summed E-state index contributed by atoms with van der Waals surface area (Å²) >= 11 is 0. The molecule has 4 nitrogen and oxygen atoms in total. The summed E-state index contributed by atoms with van der Waals surface area (Å²) in [4.78, 5) is 0. The summed E-state index contributed by atoms with van der Waals surface area (Å²) in [6.07, 6.45) is 2.03. The van der Waals surface area contributed by atoms with Crippen molar-refractivity contribution in [3.63, 3.8) is 0 Å². The molecule has 0 amide bonds. The molecule has 1 fully saturated rings. The van der Waals surface area contributed by atoms with Gasteiger partial charge in [-0.1, -0.05) is 0 Å². The van der Waals surface area contributed by atoms with Crippen molar-refractivity contribution in [1.82, 2.24) is 5.32 Å². The van der Waals surface area contributed by atoms with Crippen LogP contribution in [0.25, 0.3) is 0 Å². The molecular formula is C10H20ClNO3S. The highest BCUT2D eigenvalue weighted by atomic mass is 35.7. The molecule has 16 heavy (non-hydrogen) atoms. The minimum Gasteiger partial charge on any atom is -0.374 e. The van der Waals surface area contributed by atoms with E-state index in [0.29, 0.717) is 6.61 Å². The van der Waals surface area contributed by atoms with E-state index in [1.807, 2.05) is 13.8 Å². The molecule has 1 heterocycles. The lowest BCUT2D eigenvalue weighted by Crippen LogP contribution is -2.49. The smallest absolute Gasteiger partial charge is 0.235 e. The van der Waals surface area contributed by atoms with Crippen LogP contribution in [0.5, 0.6) is 0 Å². The summed E-state index contributed by atoms with van der Waals surface area (Å²) in [7, 11) is 1.81. The quantitative estimate of drug-likeness (QED) is 0.766. The number of hydrogen-bond acceptors (Lipinski definition) is 4. The average Bonchev–Trinajstić information content (AvgIpc) is 2.16. The maximum absolute atomic E-state index is 11.2. The van der Waals surface area contributed by atoms with E-state index >= 15 is 0 Å². The van der Waals surface area contributed by atoms with Crippen molar-refractivity contribution in [3.8, 4) is 0 Å². The molecule has 96 valence electrons. The Kier molecular flexibility index (Phi) is 5.04. The maximum atomic E-state index is 11.2. The van der Waals surface area contributed by atoms with Crippen molar-refractivity contribution in [2.45, 2.75) is 32.3 Å². The molecule has 2 unspecified atom stereocenters. The number of hydrogen-bond donors (Lipinski definition) is 1. The molecule has 0 aromatic rings. The van der Waals surface area contributed by atoms with E-state index in [-0.39, 0.29) is 11.7 Å². The van der Waals surface area contributed by atoms with Crippen LogP contribution in [0, 0.1) is 5.92 Å². The number of nitrogens with one attached hydrogen (secondary N) is 1. The molecule has 0 radical (unpaired) electrons. The number of piperidine rings is 1. The summed E-state index contributed by atoms with van der Waals surface area (Å²) in [6.45, 7) is 6.00. The van der Waals surface area contributed by atoms with Gasteiger partial charge in [-0.15, -0.1) is 0 Å². The van der Waals surface area contributed by atoms with Crippen LogP contribution < -0.4 is 5.32 Å². The lowest BCUT2D eigenvalue weighted by atomic mass is 9.84. The van der Waals surface area contributed by atoms with Gasteiger partial charge in [0.05, 0.1) is 11.4 Å². The summed E-state index contributed by atoms with van der Waals surface area (Å²) in [6, 6.07) is 0. The van der Waals surface area contributed by atoms with E-state index in [9.17, 15) is 8.42 Å². The van der Waals surface area contributed by atoms with Crippen LogP contribution in [0.3, 0.4) is 0 Å². The van der Waals surface area contributed by atoms with E-state index in [1.165, 1.54) is 0 Å². The van der Waals surface area contributed by atoms with Crippen molar-refractivity contribution < 1.29 is 13.2 Å². The molecule has 0 bridgehead atoms. The first kappa shape index (κ1) is 14.2. The van der Waals surface area contributed by atoms with E-state index in [2.05, 4.69) is 5.32 Å². The highest BCUT2D eigenvalue weighted by Gasteiger charge is 2.39. The van der Waals surface area contributed by atoms with Crippen molar-refractivity contribution in [3.05, 3.63) is 0 Å². The molecule has 1 N–H and O–H groups in total. The Hall–Kier alpha value is 0.160. The molecule has 1 saturated heterocycles. The van der Waals surface area contributed by atoms with Gasteiger partial charge in [0.15, 0.2) is 0 Å². The van der Waals surface area contributed by atoms with Gasteiger partial charge in [-0.2, -0.15) is 0 Å². The lowest BCUT2D eigenvalue weighted by Gasteiger charge is -2.39. The van der Waals surface area contributed by atoms with Gasteiger partial charge in [0.25, 0.3) is 0 Å². The normalized spacial score (nSPS) is 26.3. The standard InChI is InChI=1S/C10H20ClNO3S/c1-3-15-10(2,8-16(11,13)14)9-5-4-6-12-7-9/h9,12H,3-8H2,1-2H3. The highest BCUT2D eigenvalue weighted by molar-refractivity contribution is 8.13. The van der Waals surface area contributed by atoms with Gasteiger partial charge in [-0.05, 0) is 33.2 Å². The predicted octanol–water partition coefficient (Wildman–Crippen LogP) is 1.35. The lowest BCUT2D eigenvalue weighted by molar-refractivity contribution is -0.0572. The van der Waals surface area contributed by atoms with Crippen LogP contribution in [0.15, 0.2) is 0 Å². The first-order chi connectivity index (χ1) is 7.37. The Labute approximate surface area is 102 Å². The first-order valence-electron chi connectivity index (χ1n) is 5.64. The molecule has 1 aliphatic rings. The fourth-order valence-electron chi connectivity index (χ4n) is 2.32. The predicted molar refractivity (Wildman–Crippen MR) is 65.3 cm³/mol. The van der Waals surface area contributed by atoms with E-state index in [0.717, 1.165) is 25.9 Å². The number of ether oxygens (including phenoxy) is 1. The SMILES string of the molecule is CCOC(C)(CS(=O)(=O)Cl)C1CCCNC1. The third-order valence-electron chi connectivity index (χ3n) is 3.09. The molecule has 1 aliphatic heterocycles. The Morgan fingerprint density at radius 1 is 1.56 bits per heavy atom. The van der Waals surface area contributed by atoms with Crippen molar-refractivity contribution in [2.24, 2.45) is 5.92 Å². The monoisotopic (exact) mass is 269 g/mol. The van der Waals surface area contributed by atoms with Gasteiger partial charge >= 0.3 is 0 Å². The van der Waals surface area contributed by atoms with Crippen LogP contribution in [0.2, 0.25) is 0 Å². The largest absolute Gasteiger partial charge is 0.374 e. The van der Waals surface area contributed by atoms with E-state index in [4.69, 9.17) is 15.4 Å². The van der Waals surface area contributed by atoms with Crippen molar-refractivity contribution in [1.29, 1.82) is 0 Å². The number of halogens is 1. The second kappa shape index (κ2) is 5.67. The first-order valence-corrected chi connectivity index (χ1v) is 8.12. The minimum atomic E-state index is -3.53. The van der Waals surface area contributed by atoms with Crippen molar-refractivity contribution in [2.75, 3.05) is 25.4 Å². The van der Waals surface area contributed by atoms with Gasteiger partial charge in [0.2, 0.25) is 9.05 Å². The molecular weight excluding hydrogens is 250 g/mol. The zero-order chi connectivity index (χ0) is 12.2. The van der Waals surface area contributed by atoms with E-state index < -0.39 is 14.7 Å². The summed E-state index contributed by atoms with van der Waals surface area (Å²) in [5.74, 6) is 0.0802. The van der Waals surface area contributed by atoms with Gasteiger partial charge in [-0.3, -0.25) is 0 Å². The fraction of sp³-hybridized carbons (Fsp3) is 1.00.